The van der Waals surface area contributed by atoms with Gasteiger partial charge in [-0.3, -0.25) is 4.79 Å². The molecule has 2 rings (SSSR count). The highest BCUT2D eigenvalue weighted by Crippen LogP contribution is 2.24. The number of rotatable bonds is 2. The molecular weight excluding hydrogens is 283 g/mol. The lowest BCUT2D eigenvalue weighted by Crippen LogP contribution is -2.00. The van der Waals surface area contributed by atoms with Gasteiger partial charge in [0, 0.05) is 5.02 Å². The third-order valence-electron chi connectivity index (χ3n) is 1.94. The predicted octanol–water partition coefficient (Wildman–Crippen LogP) is 2.61. The van der Waals surface area contributed by atoms with E-state index in [-0.39, 0.29) is 6.42 Å². The van der Waals surface area contributed by atoms with Crippen LogP contribution in [0.4, 0.5) is 0 Å². The normalized spacial score (nSPS) is 10.8. The summed E-state index contributed by atoms with van der Waals surface area (Å²) in [6.45, 7) is 0. The summed E-state index contributed by atoms with van der Waals surface area (Å²) in [5.74, 6) is -0.905. The van der Waals surface area contributed by atoms with Crippen LogP contribution in [0.5, 0.6) is 0 Å². The van der Waals surface area contributed by atoms with Gasteiger partial charge in [-0.05, 0) is 33.6 Å². The first-order valence-electron chi connectivity index (χ1n) is 4.11. The van der Waals surface area contributed by atoms with Crippen LogP contribution < -0.4 is 0 Å². The van der Waals surface area contributed by atoms with Gasteiger partial charge in [0.25, 0.3) is 0 Å². The minimum absolute atomic E-state index is 0.0889. The van der Waals surface area contributed by atoms with E-state index < -0.39 is 5.97 Å². The average molecular weight is 290 g/mol. The van der Waals surface area contributed by atoms with Crippen LogP contribution in [-0.4, -0.2) is 21.0 Å². The Morgan fingerprint density at radius 3 is 3.00 bits per heavy atom. The fraction of sp³-hybridized carbons (Fsp3) is 0.111. The Hall–Kier alpha value is -1.07. The Kier molecular flexibility index (Phi) is 2.67. The lowest BCUT2D eigenvalue weighted by atomic mass is 10.1. The summed E-state index contributed by atoms with van der Waals surface area (Å²) in [4.78, 5) is 17.7. The molecule has 0 radical (unpaired) electrons. The summed E-state index contributed by atoms with van der Waals surface area (Å²) in [6.07, 6.45) is -0.0889. The number of benzene rings is 1. The predicted molar refractivity (Wildman–Crippen MR) is 60.1 cm³/mol. The standard InChI is InChI=1S/C9H6BrClN2O2/c10-9-12-6-3-5(11)1-4(2-7(14)15)8(6)13-9/h1,3H,2H2,(H,12,13)(H,14,15). The average Bonchev–Trinajstić information content (AvgIpc) is 2.44. The molecule has 0 aliphatic heterocycles. The van der Waals surface area contributed by atoms with Crippen LogP contribution in [0.15, 0.2) is 16.9 Å². The van der Waals surface area contributed by atoms with Crippen molar-refractivity contribution in [2.75, 3.05) is 0 Å². The Morgan fingerprint density at radius 2 is 2.33 bits per heavy atom. The highest BCUT2D eigenvalue weighted by atomic mass is 79.9. The maximum atomic E-state index is 10.6. The molecule has 0 unspecified atom stereocenters. The molecule has 1 aromatic heterocycles. The van der Waals surface area contributed by atoms with Crippen LogP contribution in [0.25, 0.3) is 11.0 Å². The number of fused-ring (bicyclic) bond motifs is 1. The van der Waals surface area contributed by atoms with Crippen LogP contribution in [0.2, 0.25) is 5.02 Å². The van der Waals surface area contributed by atoms with Crippen LogP contribution >= 0.6 is 27.5 Å². The lowest BCUT2D eigenvalue weighted by molar-refractivity contribution is -0.136. The van der Waals surface area contributed by atoms with Gasteiger partial charge >= 0.3 is 5.97 Å². The lowest BCUT2D eigenvalue weighted by Gasteiger charge is -1.99. The Labute approximate surface area is 98.4 Å². The molecule has 15 heavy (non-hydrogen) atoms. The summed E-state index contributed by atoms with van der Waals surface area (Å²) < 4.78 is 0.561. The van der Waals surface area contributed by atoms with E-state index in [1.165, 1.54) is 0 Å². The fourth-order valence-corrected chi connectivity index (χ4v) is 2.05. The first-order valence-corrected chi connectivity index (χ1v) is 5.29. The molecule has 0 amide bonds. The number of carboxylic acid groups (broad SMARTS) is 1. The number of aromatic amines is 1. The molecule has 2 N–H and O–H groups in total. The third kappa shape index (κ3) is 2.13. The van der Waals surface area contributed by atoms with Crippen molar-refractivity contribution in [2.45, 2.75) is 6.42 Å². The van der Waals surface area contributed by atoms with E-state index in [1.807, 2.05) is 0 Å². The second kappa shape index (κ2) is 3.83. The second-order valence-electron chi connectivity index (χ2n) is 3.06. The zero-order chi connectivity index (χ0) is 11.0. The SMILES string of the molecule is O=C(O)Cc1cc(Cl)cc2[nH]c(Br)nc12. The van der Waals surface area contributed by atoms with E-state index in [4.69, 9.17) is 16.7 Å². The summed E-state index contributed by atoms with van der Waals surface area (Å²) in [5, 5.41) is 9.23. The second-order valence-corrected chi connectivity index (χ2v) is 4.25. The van der Waals surface area contributed by atoms with Gasteiger partial charge in [-0.25, -0.2) is 4.98 Å². The van der Waals surface area contributed by atoms with Gasteiger partial charge in [-0.15, -0.1) is 0 Å². The highest BCUT2D eigenvalue weighted by Gasteiger charge is 2.10. The van der Waals surface area contributed by atoms with Crippen molar-refractivity contribution >= 4 is 44.5 Å². The van der Waals surface area contributed by atoms with Crippen molar-refractivity contribution in [2.24, 2.45) is 0 Å². The fourth-order valence-electron chi connectivity index (χ4n) is 1.42. The van der Waals surface area contributed by atoms with Gasteiger partial charge in [-0.1, -0.05) is 11.6 Å². The molecule has 0 spiro atoms. The number of H-pyrrole nitrogens is 1. The molecule has 2 aromatic rings. The summed E-state index contributed by atoms with van der Waals surface area (Å²) in [7, 11) is 0. The molecule has 4 nitrogen and oxygen atoms in total. The van der Waals surface area contributed by atoms with Crippen LogP contribution in [-0.2, 0) is 11.2 Å². The summed E-state index contributed by atoms with van der Waals surface area (Å²) in [6, 6.07) is 3.32. The first kappa shape index (κ1) is 10.4. The number of nitrogens with one attached hydrogen (secondary N) is 1. The van der Waals surface area contributed by atoms with E-state index in [0.29, 0.717) is 20.8 Å². The minimum atomic E-state index is -0.905. The van der Waals surface area contributed by atoms with Crippen LogP contribution in [0.1, 0.15) is 5.56 Å². The molecule has 6 heteroatoms. The number of aromatic nitrogens is 2. The molecule has 0 bridgehead atoms. The van der Waals surface area contributed by atoms with Crippen molar-refractivity contribution < 1.29 is 9.90 Å². The van der Waals surface area contributed by atoms with E-state index >= 15 is 0 Å². The summed E-state index contributed by atoms with van der Waals surface area (Å²) in [5.41, 5.74) is 1.96. The molecule has 0 saturated carbocycles. The van der Waals surface area contributed by atoms with E-state index in [1.54, 1.807) is 12.1 Å². The number of hydrogen-bond donors (Lipinski definition) is 2. The van der Waals surface area contributed by atoms with Crippen molar-refractivity contribution in [3.05, 3.63) is 27.5 Å². The van der Waals surface area contributed by atoms with Gasteiger partial charge in [0.15, 0.2) is 4.73 Å². The van der Waals surface area contributed by atoms with E-state index in [0.717, 1.165) is 5.52 Å². The molecule has 0 atom stereocenters. The quantitative estimate of drug-likeness (QED) is 0.893. The van der Waals surface area contributed by atoms with Gasteiger partial charge in [0.1, 0.15) is 0 Å². The number of hydrogen-bond acceptors (Lipinski definition) is 2. The van der Waals surface area contributed by atoms with Gasteiger partial charge < -0.3 is 10.1 Å². The first-order chi connectivity index (χ1) is 7.06. The monoisotopic (exact) mass is 288 g/mol. The van der Waals surface area contributed by atoms with Crippen molar-refractivity contribution in [1.82, 2.24) is 9.97 Å². The number of carbonyl (C=O) groups is 1. The Balaban J connectivity index is 2.64. The Bertz CT molecular complexity index is 538. The van der Waals surface area contributed by atoms with Gasteiger partial charge in [-0.2, -0.15) is 0 Å². The molecule has 0 fully saturated rings. The van der Waals surface area contributed by atoms with Crippen molar-refractivity contribution in [1.29, 1.82) is 0 Å². The summed E-state index contributed by atoms with van der Waals surface area (Å²) >= 11 is 9.05. The van der Waals surface area contributed by atoms with Crippen molar-refractivity contribution in [3.63, 3.8) is 0 Å². The maximum absolute atomic E-state index is 10.6. The molecule has 78 valence electrons. The molecule has 0 aliphatic rings. The topological polar surface area (TPSA) is 66.0 Å². The van der Waals surface area contributed by atoms with E-state index in [9.17, 15) is 4.79 Å². The Morgan fingerprint density at radius 1 is 1.60 bits per heavy atom. The zero-order valence-corrected chi connectivity index (χ0v) is 9.76. The van der Waals surface area contributed by atoms with Crippen LogP contribution in [0.3, 0.4) is 0 Å². The largest absolute Gasteiger partial charge is 0.481 e. The molecule has 1 aromatic carbocycles. The van der Waals surface area contributed by atoms with E-state index in [2.05, 4.69) is 25.9 Å². The number of imidazole rings is 1. The minimum Gasteiger partial charge on any atom is -0.481 e. The number of carboxylic acids is 1. The third-order valence-corrected chi connectivity index (χ3v) is 2.54. The molecule has 1 heterocycles. The number of nitrogens with zero attached hydrogens (tertiary/aromatic N) is 1. The molecule has 0 aliphatic carbocycles. The smallest absolute Gasteiger partial charge is 0.307 e. The molecule has 0 saturated heterocycles. The van der Waals surface area contributed by atoms with Crippen LogP contribution in [0, 0.1) is 0 Å². The van der Waals surface area contributed by atoms with Crippen molar-refractivity contribution in [3.8, 4) is 0 Å². The number of aliphatic carboxylic acids is 1. The maximum Gasteiger partial charge on any atom is 0.307 e. The molecular formula is C9H6BrClN2O2. The van der Waals surface area contributed by atoms with Gasteiger partial charge in [0.2, 0.25) is 0 Å². The van der Waals surface area contributed by atoms with Gasteiger partial charge in [0.05, 0.1) is 17.5 Å². The zero-order valence-electron chi connectivity index (χ0n) is 7.42. The highest BCUT2D eigenvalue weighted by molar-refractivity contribution is 9.10. The number of halogens is 2.